The van der Waals surface area contributed by atoms with E-state index in [1.165, 1.54) is 26.8 Å². The molecular formula is C13H13N3O4S. The molecule has 7 nitrogen and oxygen atoms in total. The van der Waals surface area contributed by atoms with Crippen molar-refractivity contribution in [2.24, 2.45) is 0 Å². The lowest BCUT2D eigenvalue weighted by atomic mass is 10.2. The number of amides is 1. The van der Waals surface area contributed by atoms with E-state index in [1.807, 2.05) is 0 Å². The van der Waals surface area contributed by atoms with Crippen LogP contribution in [0.2, 0.25) is 0 Å². The van der Waals surface area contributed by atoms with E-state index in [4.69, 9.17) is 5.11 Å². The van der Waals surface area contributed by atoms with Gasteiger partial charge >= 0.3 is 5.97 Å². The Labute approximate surface area is 123 Å². The van der Waals surface area contributed by atoms with Crippen LogP contribution in [0.5, 0.6) is 0 Å². The van der Waals surface area contributed by atoms with Crippen LogP contribution in [0.25, 0.3) is 4.96 Å². The summed E-state index contributed by atoms with van der Waals surface area (Å²) in [5.74, 6) is -1.64. The monoisotopic (exact) mass is 307 g/mol. The second-order valence-electron chi connectivity index (χ2n) is 5.03. The van der Waals surface area contributed by atoms with Gasteiger partial charge in [0.15, 0.2) is 4.96 Å². The predicted molar refractivity (Wildman–Crippen MR) is 75.8 cm³/mol. The molecule has 0 radical (unpaired) electrons. The highest BCUT2D eigenvalue weighted by atomic mass is 32.1. The lowest BCUT2D eigenvalue weighted by Gasteiger charge is -2.19. The van der Waals surface area contributed by atoms with Gasteiger partial charge in [-0.05, 0) is 19.8 Å². The highest BCUT2D eigenvalue weighted by Gasteiger charge is 2.35. The third-order valence-electron chi connectivity index (χ3n) is 3.40. The number of nitrogens with zero attached hydrogens (tertiary/aromatic N) is 3. The smallest absolute Gasteiger partial charge is 0.323 e. The Hall–Kier alpha value is -2.22. The molecule has 21 heavy (non-hydrogen) atoms. The van der Waals surface area contributed by atoms with E-state index in [1.54, 1.807) is 12.3 Å². The number of hydrogen-bond donors (Lipinski definition) is 1. The van der Waals surface area contributed by atoms with E-state index in [-0.39, 0.29) is 11.6 Å². The summed E-state index contributed by atoms with van der Waals surface area (Å²) in [5, 5.41) is 10.7. The molecule has 8 heteroatoms. The number of rotatable bonds is 4. The van der Waals surface area contributed by atoms with Crippen LogP contribution in [0, 0.1) is 6.92 Å². The SMILES string of the molecule is Cc1csc2ncc(C(=O)N(CC(=O)O)C3CC3)c(=O)n12. The molecule has 110 valence electrons. The van der Waals surface area contributed by atoms with Gasteiger partial charge in [0.1, 0.15) is 12.1 Å². The minimum atomic E-state index is -1.09. The number of aryl methyl sites for hydroxylation is 1. The molecule has 0 aromatic carbocycles. The van der Waals surface area contributed by atoms with Gasteiger partial charge in [-0.15, -0.1) is 11.3 Å². The Morgan fingerprint density at radius 3 is 2.86 bits per heavy atom. The number of fused-ring (bicyclic) bond motifs is 1. The number of carbonyl (C=O) groups excluding carboxylic acids is 1. The molecule has 0 atom stereocenters. The third-order valence-corrected chi connectivity index (χ3v) is 4.36. The largest absolute Gasteiger partial charge is 0.480 e. The van der Waals surface area contributed by atoms with E-state index in [0.717, 1.165) is 12.8 Å². The summed E-state index contributed by atoms with van der Waals surface area (Å²) in [6.07, 6.45) is 2.79. The lowest BCUT2D eigenvalue weighted by molar-refractivity contribution is -0.137. The first-order valence-corrected chi connectivity index (χ1v) is 7.35. The third kappa shape index (κ3) is 2.42. The molecule has 3 rings (SSSR count). The van der Waals surface area contributed by atoms with Gasteiger partial charge in [0, 0.05) is 23.3 Å². The van der Waals surface area contributed by atoms with Crippen LogP contribution in [0.1, 0.15) is 28.9 Å². The van der Waals surface area contributed by atoms with Gasteiger partial charge in [-0.1, -0.05) is 0 Å². The average Bonchev–Trinajstić information content (AvgIpc) is 3.20. The maximum Gasteiger partial charge on any atom is 0.323 e. The van der Waals surface area contributed by atoms with Gasteiger partial charge in [0.2, 0.25) is 0 Å². The Kier molecular flexibility index (Phi) is 3.25. The number of thiazole rings is 1. The zero-order valence-corrected chi connectivity index (χ0v) is 12.1. The molecule has 2 heterocycles. The molecule has 0 spiro atoms. The van der Waals surface area contributed by atoms with Crippen LogP contribution in [0.3, 0.4) is 0 Å². The predicted octanol–water partition coefficient (Wildman–Crippen LogP) is 0.754. The second-order valence-corrected chi connectivity index (χ2v) is 5.87. The van der Waals surface area contributed by atoms with Crippen molar-refractivity contribution in [3.05, 3.63) is 33.2 Å². The summed E-state index contributed by atoms with van der Waals surface area (Å²) < 4.78 is 1.38. The molecule has 2 aromatic rings. The van der Waals surface area contributed by atoms with Crippen molar-refractivity contribution < 1.29 is 14.7 Å². The fourth-order valence-electron chi connectivity index (χ4n) is 2.22. The van der Waals surface area contributed by atoms with Gasteiger partial charge < -0.3 is 10.0 Å². The van der Waals surface area contributed by atoms with Gasteiger partial charge in [-0.25, -0.2) is 4.98 Å². The number of carboxylic acids is 1. The standard InChI is InChI=1S/C13H13N3O4S/c1-7-6-21-13-14-4-9(12(20)16(7)13)11(19)15(5-10(17)18)8-2-3-8/h4,6,8H,2-3,5H2,1H3,(H,17,18). The number of carbonyl (C=O) groups is 2. The molecule has 0 unspecified atom stereocenters. The van der Waals surface area contributed by atoms with Crippen molar-refractivity contribution in [2.75, 3.05) is 6.54 Å². The summed E-state index contributed by atoms with van der Waals surface area (Å²) in [6.45, 7) is 1.37. The Morgan fingerprint density at radius 2 is 2.24 bits per heavy atom. The zero-order valence-electron chi connectivity index (χ0n) is 11.3. The Morgan fingerprint density at radius 1 is 1.52 bits per heavy atom. The van der Waals surface area contributed by atoms with E-state index in [9.17, 15) is 14.4 Å². The fourth-order valence-corrected chi connectivity index (χ4v) is 3.05. The summed E-state index contributed by atoms with van der Waals surface area (Å²) in [7, 11) is 0. The van der Waals surface area contributed by atoms with Crippen LogP contribution < -0.4 is 5.56 Å². The van der Waals surface area contributed by atoms with Crippen molar-refractivity contribution in [2.45, 2.75) is 25.8 Å². The molecule has 1 saturated carbocycles. The second kappa shape index (κ2) is 4.96. The minimum Gasteiger partial charge on any atom is -0.480 e. The normalized spacial score (nSPS) is 14.3. The molecule has 0 aliphatic heterocycles. The molecule has 1 aliphatic carbocycles. The van der Waals surface area contributed by atoms with E-state index < -0.39 is 24.0 Å². The van der Waals surface area contributed by atoms with Gasteiger partial charge in [0.05, 0.1) is 0 Å². The molecule has 1 N–H and O–H groups in total. The van der Waals surface area contributed by atoms with Gasteiger partial charge in [-0.2, -0.15) is 0 Å². The van der Waals surface area contributed by atoms with Gasteiger partial charge in [-0.3, -0.25) is 18.8 Å². The highest BCUT2D eigenvalue weighted by Crippen LogP contribution is 2.27. The van der Waals surface area contributed by atoms with Crippen molar-refractivity contribution in [3.8, 4) is 0 Å². The molecule has 1 fully saturated rings. The number of aliphatic carboxylic acids is 1. The molecule has 0 bridgehead atoms. The van der Waals surface area contributed by atoms with Crippen LogP contribution in [0.15, 0.2) is 16.4 Å². The first kappa shape index (κ1) is 13.7. The van der Waals surface area contributed by atoms with Crippen molar-refractivity contribution >= 4 is 28.2 Å². The molecule has 2 aromatic heterocycles. The van der Waals surface area contributed by atoms with E-state index >= 15 is 0 Å². The topological polar surface area (TPSA) is 92.0 Å². The first-order valence-electron chi connectivity index (χ1n) is 6.47. The molecule has 1 amide bonds. The molecule has 1 aliphatic rings. The van der Waals surface area contributed by atoms with Crippen LogP contribution >= 0.6 is 11.3 Å². The van der Waals surface area contributed by atoms with E-state index in [2.05, 4.69) is 4.98 Å². The fraction of sp³-hybridized carbons (Fsp3) is 0.385. The highest BCUT2D eigenvalue weighted by molar-refractivity contribution is 7.15. The van der Waals surface area contributed by atoms with Crippen molar-refractivity contribution in [1.82, 2.24) is 14.3 Å². The quantitative estimate of drug-likeness (QED) is 0.900. The van der Waals surface area contributed by atoms with E-state index in [0.29, 0.717) is 10.7 Å². The number of aromatic nitrogens is 2. The summed E-state index contributed by atoms with van der Waals surface area (Å²) in [4.78, 5) is 41.7. The number of carboxylic acid groups (broad SMARTS) is 1. The average molecular weight is 307 g/mol. The summed E-state index contributed by atoms with van der Waals surface area (Å²) >= 11 is 1.32. The first-order chi connectivity index (χ1) is 9.99. The van der Waals surface area contributed by atoms with Crippen molar-refractivity contribution in [3.63, 3.8) is 0 Å². The Balaban J connectivity index is 2.04. The summed E-state index contributed by atoms with van der Waals surface area (Å²) in [6, 6.07) is -0.0859. The maximum absolute atomic E-state index is 12.5. The maximum atomic E-state index is 12.5. The zero-order chi connectivity index (χ0) is 15.1. The number of hydrogen-bond acceptors (Lipinski definition) is 5. The van der Waals surface area contributed by atoms with Crippen LogP contribution in [-0.2, 0) is 4.79 Å². The lowest BCUT2D eigenvalue weighted by Crippen LogP contribution is -2.40. The Bertz CT molecular complexity index is 790. The van der Waals surface area contributed by atoms with Crippen molar-refractivity contribution in [1.29, 1.82) is 0 Å². The minimum absolute atomic E-state index is 0.0813. The summed E-state index contributed by atoms with van der Waals surface area (Å²) in [5.41, 5.74) is 0.181. The van der Waals surface area contributed by atoms with Crippen LogP contribution in [-0.4, -0.2) is 43.9 Å². The van der Waals surface area contributed by atoms with Gasteiger partial charge in [0.25, 0.3) is 11.5 Å². The molecule has 0 saturated heterocycles. The molecular weight excluding hydrogens is 294 g/mol. The van der Waals surface area contributed by atoms with Crippen LogP contribution in [0.4, 0.5) is 0 Å².